The Morgan fingerprint density at radius 1 is 1.11 bits per heavy atom. The number of benzene rings is 2. The summed E-state index contributed by atoms with van der Waals surface area (Å²) >= 11 is 1.52. The molecule has 0 aliphatic carbocycles. The zero-order valence-corrected chi connectivity index (χ0v) is 22.9. The quantitative estimate of drug-likeness (QED) is 0.423. The molecule has 198 valence electrons. The summed E-state index contributed by atoms with van der Waals surface area (Å²) in [5, 5.41) is 15.2. The lowest BCUT2D eigenvalue weighted by Gasteiger charge is -2.33. The van der Waals surface area contributed by atoms with Crippen LogP contribution in [0.3, 0.4) is 0 Å². The molecule has 8 nitrogen and oxygen atoms in total. The second kappa shape index (κ2) is 14.3. The molecule has 0 bridgehead atoms. The number of nitrogens with zero attached hydrogens (tertiary/aromatic N) is 2. The van der Waals surface area contributed by atoms with Crippen molar-refractivity contribution in [2.45, 2.75) is 58.3 Å². The highest BCUT2D eigenvalue weighted by Gasteiger charge is 2.36. The summed E-state index contributed by atoms with van der Waals surface area (Å²) in [6.45, 7) is 7.03. The SMILES string of the molecule is CSCCC(NC(=O)OC(C)(C)C)C(=O)N(CC#N)C(C(=O)NCc1ccccc1)c1cccc(C)c1. The van der Waals surface area contributed by atoms with E-state index in [1.807, 2.05) is 61.7 Å². The van der Waals surface area contributed by atoms with Crippen molar-refractivity contribution >= 4 is 29.7 Å². The molecule has 0 spiro atoms. The fraction of sp³-hybridized carbons (Fsp3) is 0.429. The minimum Gasteiger partial charge on any atom is -0.444 e. The van der Waals surface area contributed by atoms with Crippen LogP contribution < -0.4 is 10.6 Å². The van der Waals surface area contributed by atoms with Gasteiger partial charge in [0.2, 0.25) is 11.8 Å². The smallest absolute Gasteiger partial charge is 0.408 e. The first kappa shape index (κ1) is 29.7. The van der Waals surface area contributed by atoms with Gasteiger partial charge in [-0.3, -0.25) is 9.59 Å². The van der Waals surface area contributed by atoms with E-state index in [1.165, 1.54) is 16.7 Å². The van der Waals surface area contributed by atoms with Crippen LogP contribution in [0.15, 0.2) is 54.6 Å². The molecule has 0 heterocycles. The molecule has 2 rings (SSSR count). The zero-order chi connectivity index (χ0) is 27.4. The summed E-state index contributed by atoms with van der Waals surface area (Å²) in [5.41, 5.74) is 1.65. The largest absolute Gasteiger partial charge is 0.444 e. The number of amides is 3. The van der Waals surface area contributed by atoms with Gasteiger partial charge >= 0.3 is 6.09 Å². The lowest BCUT2D eigenvalue weighted by Crippen LogP contribution is -2.53. The molecule has 2 N–H and O–H groups in total. The maximum atomic E-state index is 13.8. The van der Waals surface area contributed by atoms with Crippen LogP contribution in [-0.2, 0) is 20.9 Å². The first-order valence-electron chi connectivity index (χ1n) is 12.1. The second-order valence-corrected chi connectivity index (χ2v) is 10.6. The van der Waals surface area contributed by atoms with Crippen molar-refractivity contribution in [2.24, 2.45) is 0 Å². The number of rotatable bonds is 11. The summed E-state index contributed by atoms with van der Waals surface area (Å²) < 4.78 is 5.36. The van der Waals surface area contributed by atoms with Crippen LogP contribution in [0, 0.1) is 18.3 Å². The standard InChI is InChI=1S/C28H36N4O4S/c1-20-10-9-13-22(18-20)24(25(33)30-19-21-11-7-6-8-12-21)32(16-15-29)26(34)23(14-17-37-5)31-27(35)36-28(2,3)4/h6-13,18,23-24H,14,16-17,19H2,1-5H3,(H,30,33)(H,31,35). The van der Waals surface area contributed by atoms with Gasteiger partial charge in [-0.2, -0.15) is 17.0 Å². The third-order valence-electron chi connectivity index (χ3n) is 5.35. The number of aryl methyl sites for hydroxylation is 1. The molecule has 0 saturated carbocycles. The van der Waals surface area contributed by atoms with E-state index < -0.39 is 35.6 Å². The molecular weight excluding hydrogens is 488 g/mol. The summed E-state index contributed by atoms with van der Waals surface area (Å²) in [6, 6.07) is 16.7. The molecule has 9 heteroatoms. The molecule has 0 radical (unpaired) electrons. The fourth-order valence-electron chi connectivity index (χ4n) is 3.71. The molecule has 2 unspecified atom stereocenters. The lowest BCUT2D eigenvalue weighted by molar-refractivity contribution is -0.141. The van der Waals surface area contributed by atoms with E-state index in [1.54, 1.807) is 32.9 Å². The van der Waals surface area contributed by atoms with Gasteiger partial charge in [-0.15, -0.1) is 0 Å². The molecule has 2 aromatic rings. The molecular formula is C28H36N4O4S. The fourth-order valence-corrected chi connectivity index (χ4v) is 4.18. The van der Waals surface area contributed by atoms with Crippen molar-refractivity contribution in [3.05, 3.63) is 71.3 Å². The van der Waals surface area contributed by atoms with Gasteiger partial charge in [0.1, 0.15) is 24.2 Å². The normalized spacial score (nSPS) is 12.5. The van der Waals surface area contributed by atoms with Crippen molar-refractivity contribution in [1.82, 2.24) is 15.5 Å². The monoisotopic (exact) mass is 524 g/mol. The average molecular weight is 525 g/mol. The number of carbonyl (C=O) groups is 3. The number of alkyl carbamates (subject to hydrolysis) is 1. The first-order valence-corrected chi connectivity index (χ1v) is 13.5. The van der Waals surface area contributed by atoms with E-state index in [4.69, 9.17) is 4.74 Å². The van der Waals surface area contributed by atoms with Crippen LogP contribution in [0.2, 0.25) is 0 Å². The summed E-state index contributed by atoms with van der Waals surface area (Å²) in [7, 11) is 0. The molecule has 0 aliphatic heterocycles. The van der Waals surface area contributed by atoms with Crippen molar-refractivity contribution in [2.75, 3.05) is 18.6 Å². The topological polar surface area (TPSA) is 112 Å². The van der Waals surface area contributed by atoms with Crippen LogP contribution >= 0.6 is 11.8 Å². The lowest BCUT2D eigenvalue weighted by atomic mass is 10.0. The number of hydrogen-bond donors (Lipinski definition) is 2. The second-order valence-electron chi connectivity index (χ2n) is 9.62. The molecule has 37 heavy (non-hydrogen) atoms. The highest BCUT2D eigenvalue weighted by Crippen LogP contribution is 2.24. The highest BCUT2D eigenvalue weighted by atomic mass is 32.2. The Kier molecular flexibility index (Phi) is 11.5. The molecule has 0 fully saturated rings. The van der Waals surface area contributed by atoms with Crippen molar-refractivity contribution in [3.8, 4) is 6.07 Å². The molecule has 0 saturated heterocycles. The Labute approximate surface area is 223 Å². The number of nitrogens with one attached hydrogen (secondary N) is 2. The van der Waals surface area contributed by atoms with Crippen molar-refractivity contribution in [3.63, 3.8) is 0 Å². The van der Waals surface area contributed by atoms with Gasteiger partial charge in [-0.1, -0.05) is 60.2 Å². The number of thioether (sulfide) groups is 1. The number of hydrogen-bond acceptors (Lipinski definition) is 6. The third-order valence-corrected chi connectivity index (χ3v) is 6.00. The minimum atomic E-state index is -1.06. The van der Waals surface area contributed by atoms with Crippen LogP contribution in [0.1, 0.15) is 49.9 Å². The van der Waals surface area contributed by atoms with E-state index >= 15 is 0 Å². The molecule has 2 atom stereocenters. The molecule has 3 amide bonds. The van der Waals surface area contributed by atoms with Crippen LogP contribution in [0.4, 0.5) is 4.79 Å². The van der Waals surface area contributed by atoms with Gasteiger partial charge in [-0.25, -0.2) is 4.79 Å². The van der Waals surface area contributed by atoms with Crippen molar-refractivity contribution in [1.29, 1.82) is 5.26 Å². The van der Waals surface area contributed by atoms with E-state index in [0.717, 1.165) is 11.1 Å². The van der Waals surface area contributed by atoms with Gasteiger partial charge in [0.05, 0.1) is 6.07 Å². The number of nitriles is 1. The van der Waals surface area contributed by atoms with Gasteiger partial charge in [0.15, 0.2) is 0 Å². The van der Waals surface area contributed by atoms with Gasteiger partial charge in [0, 0.05) is 6.54 Å². The van der Waals surface area contributed by atoms with Gasteiger partial charge < -0.3 is 20.3 Å². The Balaban J connectivity index is 2.41. The predicted molar refractivity (Wildman–Crippen MR) is 146 cm³/mol. The number of ether oxygens (including phenoxy) is 1. The van der Waals surface area contributed by atoms with E-state index in [-0.39, 0.29) is 13.1 Å². The Hall–Kier alpha value is -3.51. The Bertz CT molecular complexity index is 1100. The highest BCUT2D eigenvalue weighted by molar-refractivity contribution is 7.98. The van der Waals surface area contributed by atoms with Crippen LogP contribution in [0.25, 0.3) is 0 Å². The molecule has 0 aromatic heterocycles. The van der Waals surface area contributed by atoms with E-state index in [0.29, 0.717) is 17.7 Å². The third kappa shape index (κ3) is 9.81. The first-order chi connectivity index (χ1) is 17.6. The van der Waals surface area contributed by atoms with E-state index in [2.05, 4.69) is 10.6 Å². The average Bonchev–Trinajstić information content (AvgIpc) is 2.84. The summed E-state index contributed by atoms with van der Waals surface area (Å²) in [5.74, 6) is -0.358. The van der Waals surface area contributed by atoms with E-state index in [9.17, 15) is 19.6 Å². The van der Waals surface area contributed by atoms with Crippen molar-refractivity contribution < 1.29 is 19.1 Å². The maximum Gasteiger partial charge on any atom is 0.408 e. The van der Waals surface area contributed by atoms with Gasteiger partial charge in [-0.05, 0) is 57.3 Å². The Morgan fingerprint density at radius 3 is 2.41 bits per heavy atom. The molecule has 2 aromatic carbocycles. The Morgan fingerprint density at radius 2 is 1.81 bits per heavy atom. The summed E-state index contributed by atoms with van der Waals surface area (Å²) in [4.78, 5) is 41.2. The van der Waals surface area contributed by atoms with Crippen LogP contribution in [-0.4, -0.2) is 53.0 Å². The number of carbonyl (C=O) groups excluding carboxylic acids is 3. The predicted octanol–water partition coefficient (Wildman–Crippen LogP) is 4.35. The molecule has 0 aliphatic rings. The van der Waals surface area contributed by atoms with Crippen LogP contribution in [0.5, 0.6) is 0 Å². The minimum absolute atomic E-state index is 0.267. The summed E-state index contributed by atoms with van der Waals surface area (Å²) in [6.07, 6.45) is 1.48. The maximum absolute atomic E-state index is 13.8. The van der Waals surface area contributed by atoms with Gasteiger partial charge in [0.25, 0.3) is 0 Å². The zero-order valence-electron chi connectivity index (χ0n) is 22.1.